The molecule has 150 valence electrons. The van der Waals surface area contributed by atoms with Crippen molar-refractivity contribution in [1.82, 2.24) is 9.55 Å². The number of methoxy groups -OCH3 is 1. The Morgan fingerprint density at radius 3 is 2.52 bits per heavy atom. The second-order valence-electron chi connectivity index (χ2n) is 7.34. The van der Waals surface area contributed by atoms with Gasteiger partial charge in [0.1, 0.15) is 29.7 Å². The van der Waals surface area contributed by atoms with Gasteiger partial charge in [0, 0.05) is 5.56 Å². The Kier molecular flexibility index (Phi) is 5.22. The van der Waals surface area contributed by atoms with Crippen LogP contribution in [0.5, 0.6) is 5.75 Å². The number of ether oxygens (including phenoxy) is 1. The third-order valence-electron chi connectivity index (χ3n) is 5.59. The molecule has 7 nitrogen and oxygen atoms in total. The fourth-order valence-corrected chi connectivity index (χ4v) is 3.81. The Bertz CT molecular complexity index is 1100. The molecule has 7 heteroatoms. The highest BCUT2D eigenvalue weighted by molar-refractivity contribution is 5.45. The van der Waals surface area contributed by atoms with Crippen LogP contribution < -0.4 is 26.2 Å². The van der Waals surface area contributed by atoms with Crippen molar-refractivity contribution in [3.8, 4) is 5.75 Å². The molecule has 0 saturated carbocycles. The van der Waals surface area contributed by atoms with Gasteiger partial charge in [-0.2, -0.15) is 0 Å². The highest BCUT2D eigenvalue weighted by Crippen LogP contribution is 2.17. The van der Waals surface area contributed by atoms with Crippen molar-refractivity contribution in [3.05, 3.63) is 92.1 Å². The standard InChI is InChI=1S/C22H24N4O3/c1-15(17-6-4-3-5-7-17)25-13-19-20(23-14-25)26(22(28)24-21(19)27)12-16-8-10-18(29-2)11-9-16/h3-11,15,23H,12-14H2,1-2H3,(H,24,27,28)/p+1/t15-/m0/s1. The van der Waals surface area contributed by atoms with E-state index in [1.807, 2.05) is 42.5 Å². The minimum atomic E-state index is -0.406. The van der Waals surface area contributed by atoms with Crippen LogP contribution >= 0.6 is 0 Å². The summed E-state index contributed by atoms with van der Waals surface area (Å²) in [5.74, 6) is 1.37. The zero-order valence-corrected chi connectivity index (χ0v) is 16.6. The van der Waals surface area contributed by atoms with Crippen LogP contribution in [-0.2, 0) is 13.1 Å². The molecular formula is C22H25N4O3+. The number of benzene rings is 2. The first-order chi connectivity index (χ1) is 14.1. The summed E-state index contributed by atoms with van der Waals surface area (Å²) in [7, 11) is 1.62. The molecule has 0 bridgehead atoms. The summed E-state index contributed by atoms with van der Waals surface area (Å²) >= 11 is 0. The molecule has 0 amide bonds. The number of nitrogens with one attached hydrogen (secondary N) is 3. The van der Waals surface area contributed by atoms with Crippen molar-refractivity contribution >= 4 is 5.82 Å². The van der Waals surface area contributed by atoms with Gasteiger partial charge in [0.25, 0.3) is 5.56 Å². The van der Waals surface area contributed by atoms with Crippen molar-refractivity contribution in [2.75, 3.05) is 19.1 Å². The van der Waals surface area contributed by atoms with Gasteiger partial charge in [0.2, 0.25) is 0 Å². The van der Waals surface area contributed by atoms with Gasteiger partial charge in [0.05, 0.1) is 13.7 Å². The third-order valence-corrected chi connectivity index (χ3v) is 5.59. The topological polar surface area (TPSA) is 80.6 Å². The Hall–Kier alpha value is -3.32. The van der Waals surface area contributed by atoms with Crippen molar-refractivity contribution in [2.45, 2.75) is 26.1 Å². The van der Waals surface area contributed by atoms with E-state index < -0.39 is 5.69 Å². The third kappa shape index (κ3) is 3.82. The van der Waals surface area contributed by atoms with Crippen LogP contribution in [0.25, 0.3) is 0 Å². The molecule has 1 unspecified atom stereocenters. The normalized spacial score (nSPS) is 16.6. The van der Waals surface area contributed by atoms with E-state index in [4.69, 9.17) is 4.74 Å². The minimum absolute atomic E-state index is 0.221. The van der Waals surface area contributed by atoms with E-state index in [0.717, 1.165) is 11.3 Å². The van der Waals surface area contributed by atoms with E-state index in [9.17, 15) is 9.59 Å². The van der Waals surface area contributed by atoms with Crippen LogP contribution in [0.2, 0.25) is 0 Å². The number of hydrogen-bond donors (Lipinski definition) is 3. The molecule has 1 aliphatic rings. The summed E-state index contributed by atoms with van der Waals surface area (Å²) in [6.45, 7) is 3.71. The molecular weight excluding hydrogens is 368 g/mol. The predicted octanol–water partition coefficient (Wildman–Crippen LogP) is 1.12. The van der Waals surface area contributed by atoms with Gasteiger partial charge in [-0.1, -0.05) is 42.5 Å². The highest BCUT2D eigenvalue weighted by atomic mass is 16.5. The fourth-order valence-electron chi connectivity index (χ4n) is 3.81. The molecule has 0 aliphatic carbocycles. The number of nitrogens with zero attached hydrogens (tertiary/aromatic N) is 1. The Morgan fingerprint density at radius 1 is 1.10 bits per heavy atom. The van der Waals surface area contributed by atoms with Gasteiger partial charge < -0.3 is 15.0 Å². The van der Waals surface area contributed by atoms with Gasteiger partial charge in [-0.05, 0) is 24.6 Å². The summed E-state index contributed by atoms with van der Waals surface area (Å²) in [6.07, 6.45) is 0. The molecule has 0 spiro atoms. The average Bonchev–Trinajstić information content (AvgIpc) is 2.77. The smallest absolute Gasteiger partial charge is 0.330 e. The Morgan fingerprint density at radius 2 is 1.83 bits per heavy atom. The number of hydrogen-bond acceptors (Lipinski definition) is 4. The second-order valence-corrected chi connectivity index (χ2v) is 7.34. The van der Waals surface area contributed by atoms with E-state index >= 15 is 0 Å². The Balaban J connectivity index is 1.64. The molecule has 4 rings (SSSR count). The largest absolute Gasteiger partial charge is 0.497 e. The van der Waals surface area contributed by atoms with Gasteiger partial charge in [-0.3, -0.25) is 14.3 Å². The lowest BCUT2D eigenvalue weighted by molar-refractivity contribution is -0.941. The molecule has 3 aromatic rings. The maximum Gasteiger partial charge on any atom is 0.330 e. The van der Waals surface area contributed by atoms with Crippen LogP contribution in [0, 0.1) is 0 Å². The lowest BCUT2D eigenvalue weighted by Gasteiger charge is -2.32. The zero-order valence-electron chi connectivity index (χ0n) is 16.6. The first-order valence-electron chi connectivity index (χ1n) is 9.69. The molecule has 2 atom stereocenters. The minimum Gasteiger partial charge on any atom is -0.497 e. The lowest BCUT2D eigenvalue weighted by Crippen LogP contribution is -3.12. The molecule has 3 N–H and O–H groups in total. The SMILES string of the molecule is COc1ccc(Cn2c3c(c(=O)[nH]c2=O)C[NH+]([C@@H](C)c2ccccc2)CN3)cc1. The molecule has 1 aliphatic heterocycles. The number of rotatable bonds is 5. The number of aromatic amines is 1. The number of aromatic nitrogens is 2. The fraction of sp³-hybridized carbons (Fsp3) is 0.273. The number of anilines is 1. The molecule has 2 heterocycles. The van der Waals surface area contributed by atoms with Gasteiger partial charge in [-0.25, -0.2) is 4.79 Å². The molecule has 0 fully saturated rings. The number of H-pyrrole nitrogens is 1. The molecule has 0 saturated heterocycles. The molecule has 1 aromatic heterocycles. The van der Waals surface area contributed by atoms with Gasteiger partial charge >= 0.3 is 5.69 Å². The monoisotopic (exact) mass is 393 g/mol. The van der Waals surface area contributed by atoms with Crippen molar-refractivity contribution in [1.29, 1.82) is 0 Å². The van der Waals surface area contributed by atoms with Crippen molar-refractivity contribution < 1.29 is 9.64 Å². The van der Waals surface area contributed by atoms with E-state index in [2.05, 4.69) is 29.4 Å². The molecule has 29 heavy (non-hydrogen) atoms. The van der Waals surface area contributed by atoms with Crippen LogP contribution in [0.3, 0.4) is 0 Å². The van der Waals surface area contributed by atoms with E-state index in [-0.39, 0.29) is 11.6 Å². The summed E-state index contributed by atoms with van der Waals surface area (Å²) in [6, 6.07) is 18.0. The van der Waals surface area contributed by atoms with E-state index in [0.29, 0.717) is 31.1 Å². The number of quaternary nitrogens is 1. The van der Waals surface area contributed by atoms with Crippen LogP contribution in [0.15, 0.2) is 64.2 Å². The first kappa shape index (κ1) is 19.0. The highest BCUT2D eigenvalue weighted by Gasteiger charge is 2.29. The van der Waals surface area contributed by atoms with Crippen LogP contribution in [0.1, 0.15) is 29.7 Å². The van der Waals surface area contributed by atoms with Crippen molar-refractivity contribution in [2.24, 2.45) is 0 Å². The summed E-state index contributed by atoms with van der Waals surface area (Å²) < 4.78 is 6.79. The Labute approximate surface area is 168 Å². The van der Waals surface area contributed by atoms with Crippen LogP contribution in [0.4, 0.5) is 5.82 Å². The predicted molar refractivity (Wildman–Crippen MR) is 111 cm³/mol. The quantitative estimate of drug-likeness (QED) is 0.607. The van der Waals surface area contributed by atoms with Crippen molar-refractivity contribution in [3.63, 3.8) is 0 Å². The average molecular weight is 393 g/mol. The first-order valence-corrected chi connectivity index (χ1v) is 9.69. The molecule has 2 aromatic carbocycles. The zero-order chi connectivity index (χ0) is 20.4. The maximum absolute atomic E-state index is 12.5. The summed E-state index contributed by atoms with van der Waals surface area (Å²) in [4.78, 5) is 28.8. The summed E-state index contributed by atoms with van der Waals surface area (Å²) in [5.41, 5.74) is 2.06. The maximum atomic E-state index is 12.5. The van der Waals surface area contributed by atoms with Gasteiger partial charge in [-0.15, -0.1) is 0 Å². The lowest BCUT2D eigenvalue weighted by atomic mass is 10.1. The molecule has 0 radical (unpaired) electrons. The van der Waals surface area contributed by atoms with E-state index in [1.165, 1.54) is 10.5 Å². The number of fused-ring (bicyclic) bond motifs is 1. The van der Waals surface area contributed by atoms with E-state index in [1.54, 1.807) is 11.7 Å². The second kappa shape index (κ2) is 7.97. The van der Waals surface area contributed by atoms with Crippen LogP contribution in [-0.4, -0.2) is 23.3 Å². The van der Waals surface area contributed by atoms with Gasteiger partial charge in [0.15, 0.2) is 6.67 Å². The summed E-state index contributed by atoms with van der Waals surface area (Å²) in [5, 5.41) is 3.34.